The van der Waals surface area contributed by atoms with Crippen LogP contribution >= 0.6 is 0 Å². The Morgan fingerprint density at radius 1 is 1.17 bits per heavy atom. The normalized spacial score (nSPS) is 19.6. The van der Waals surface area contributed by atoms with Gasteiger partial charge < -0.3 is 15.4 Å². The lowest BCUT2D eigenvalue weighted by molar-refractivity contribution is -0.146. The molecular weight excluding hydrogens is 378 g/mol. The summed E-state index contributed by atoms with van der Waals surface area (Å²) in [6, 6.07) is 4.13. The van der Waals surface area contributed by atoms with Gasteiger partial charge >= 0.3 is 12.0 Å². The third-order valence-corrected chi connectivity index (χ3v) is 5.60. The maximum Gasteiger partial charge on any atom is 0.326 e. The van der Waals surface area contributed by atoms with E-state index in [0.29, 0.717) is 29.7 Å². The summed E-state index contributed by atoms with van der Waals surface area (Å²) in [5, 5.41) is 5.34. The van der Waals surface area contributed by atoms with Crippen molar-refractivity contribution in [2.24, 2.45) is 0 Å². The van der Waals surface area contributed by atoms with Gasteiger partial charge in [0, 0.05) is 11.3 Å². The smallest absolute Gasteiger partial charge is 0.326 e. The standard InChI is InChI=1S/C20H23N3O6/c1-4-20(5-2)18(27)23(19(28)22-20)9-16(25)29-10-15(24)12-6-7-14-13(8-12)11(3)17(26)21-14/h6-8,11H,4-5,9-10H2,1-3H3,(H,21,26)(H,22,28)/t11-/m1/s1. The monoisotopic (exact) mass is 401 g/mol. The van der Waals surface area contributed by atoms with Crippen LogP contribution in [0.3, 0.4) is 0 Å². The molecule has 0 aliphatic carbocycles. The Morgan fingerprint density at radius 2 is 1.86 bits per heavy atom. The molecule has 0 aromatic heterocycles. The van der Waals surface area contributed by atoms with Crippen molar-refractivity contribution in [1.82, 2.24) is 10.2 Å². The van der Waals surface area contributed by atoms with Crippen molar-refractivity contribution >= 4 is 35.3 Å². The van der Waals surface area contributed by atoms with E-state index in [9.17, 15) is 24.0 Å². The highest BCUT2D eigenvalue weighted by molar-refractivity contribution is 6.09. The average molecular weight is 401 g/mol. The number of Topliss-reactive ketones (excluding diaryl/α,β-unsaturated/α-hetero) is 1. The summed E-state index contributed by atoms with van der Waals surface area (Å²) >= 11 is 0. The summed E-state index contributed by atoms with van der Waals surface area (Å²) < 4.78 is 4.97. The molecule has 154 valence electrons. The van der Waals surface area contributed by atoms with Gasteiger partial charge in [0.2, 0.25) is 5.91 Å². The Labute approximate surface area is 167 Å². The van der Waals surface area contributed by atoms with Crippen molar-refractivity contribution in [2.45, 2.75) is 45.1 Å². The first kappa shape index (κ1) is 20.5. The molecule has 0 bridgehead atoms. The molecule has 0 saturated carbocycles. The van der Waals surface area contributed by atoms with Gasteiger partial charge in [-0.05, 0) is 43.5 Å². The minimum atomic E-state index is -1.00. The molecular formula is C20H23N3O6. The molecule has 1 saturated heterocycles. The molecule has 0 unspecified atom stereocenters. The number of anilines is 1. The molecule has 9 nitrogen and oxygen atoms in total. The quantitative estimate of drug-likeness (QED) is 0.406. The molecule has 1 aromatic carbocycles. The second kappa shape index (κ2) is 7.65. The van der Waals surface area contributed by atoms with E-state index in [4.69, 9.17) is 4.74 Å². The van der Waals surface area contributed by atoms with Gasteiger partial charge in [-0.25, -0.2) is 4.79 Å². The Hall–Kier alpha value is -3.23. The van der Waals surface area contributed by atoms with Crippen LogP contribution in [-0.2, 0) is 19.1 Å². The molecule has 1 fully saturated rings. The van der Waals surface area contributed by atoms with Crippen molar-refractivity contribution in [2.75, 3.05) is 18.5 Å². The van der Waals surface area contributed by atoms with Crippen LogP contribution in [0.4, 0.5) is 10.5 Å². The molecule has 1 atom stereocenters. The van der Waals surface area contributed by atoms with Crippen molar-refractivity contribution in [3.8, 4) is 0 Å². The van der Waals surface area contributed by atoms with Crippen LogP contribution in [0.1, 0.15) is 55.5 Å². The summed E-state index contributed by atoms with van der Waals surface area (Å²) in [6.07, 6.45) is 0.818. The van der Waals surface area contributed by atoms with Gasteiger partial charge in [-0.2, -0.15) is 0 Å². The number of urea groups is 1. The highest BCUT2D eigenvalue weighted by Crippen LogP contribution is 2.32. The first-order valence-electron chi connectivity index (χ1n) is 9.50. The highest BCUT2D eigenvalue weighted by Gasteiger charge is 2.49. The number of rotatable bonds is 7. The molecule has 9 heteroatoms. The van der Waals surface area contributed by atoms with Crippen LogP contribution in [0.2, 0.25) is 0 Å². The summed E-state index contributed by atoms with van der Waals surface area (Å²) in [5.74, 6) is -2.27. The Bertz CT molecular complexity index is 905. The fraction of sp³-hybridized carbons (Fsp3) is 0.450. The zero-order valence-corrected chi connectivity index (χ0v) is 16.5. The van der Waals surface area contributed by atoms with Crippen LogP contribution in [0.25, 0.3) is 0 Å². The van der Waals surface area contributed by atoms with E-state index in [2.05, 4.69) is 10.6 Å². The highest BCUT2D eigenvalue weighted by atomic mass is 16.5. The number of amides is 4. The van der Waals surface area contributed by atoms with E-state index in [1.54, 1.807) is 39.0 Å². The number of benzene rings is 1. The van der Waals surface area contributed by atoms with Crippen LogP contribution < -0.4 is 10.6 Å². The molecule has 3 rings (SSSR count). The summed E-state index contributed by atoms with van der Waals surface area (Å²) in [6.45, 7) is 4.22. The average Bonchev–Trinajstić information content (AvgIpc) is 3.13. The Balaban J connectivity index is 1.59. The number of ether oxygens (including phenoxy) is 1. The maximum atomic E-state index is 12.5. The van der Waals surface area contributed by atoms with E-state index >= 15 is 0 Å². The molecule has 1 aromatic rings. The lowest BCUT2D eigenvalue weighted by Gasteiger charge is -2.22. The summed E-state index contributed by atoms with van der Waals surface area (Å²) in [5.41, 5.74) is 0.678. The first-order chi connectivity index (χ1) is 13.7. The van der Waals surface area contributed by atoms with Crippen LogP contribution in [-0.4, -0.2) is 53.2 Å². The molecule has 2 aliphatic rings. The molecule has 2 N–H and O–H groups in total. The SMILES string of the molecule is CCC1(CC)NC(=O)N(CC(=O)OCC(=O)c2ccc3c(c2)[C@@H](C)C(=O)N3)C1=O. The van der Waals surface area contributed by atoms with Crippen LogP contribution in [0, 0.1) is 0 Å². The third-order valence-electron chi connectivity index (χ3n) is 5.60. The van der Waals surface area contributed by atoms with Gasteiger partial charge in [0.15, 0.2) is 12.4 Å². The summed E-state index contributed by atoms with van der Waals surface area (Å²) in [7, 11) is 0. The lowest BCUT2D eigenvalue weighted by Crippen LogP contribution is -2.46. The molecule has 29 heavy (non-hydrogen) atoms. The van der Waals surface area contributed by atoms with Crippen LogP contribution in [0.15, 0.2) is 18.2 Å². The van der Waals surface area contributed by atoms with Gasteiger partial charge in [0.05, 0.1) is 5.92 Å². The first-order valence-corrected chi connectivity index (χ1v) is 9.50. The molecule has 2 aliphatic heterocycles. The second-order valence-corrected chi connectivity index (χ2v) is 7.21. The zero-order chi connectivity index (χ0) is 21.3. The number of fused-ring (bicyclic) bond motifs is 1. The van der Waals surface area contributed by atoms with Crippen LogP contribution in [0.5, 0.6) is 0 Å². The third kappa shape index (κ3) is 3.59. The Kier molecular flexibility index (Phi) is 5.41. The van der Waals surface area contributed by atoms with Gasteiger partial charge in [0.25, 0.3) is 5.91 Å². The van der Waals surface area contributed by atoms with E-state index < -0.39 is 42.4 Å². The molecule has 2 heterocycles. The number of esters is 1. The lowest BCUT2D eigenvalue weighted by atomic mass is 9.93. The van der Waals surface area contributed by atoms with Gasteiger partial charge in [0.1, 0.15) is 12.1 Å². The minimum absolute atomic E-state index is 0.139. The number of nitrogens with one attached hydrogen (secondary N) is 2. The molecule has 4 amide bonds. The number of nitrogens with zero attached hydrogens (tertiary/aromatic N) is 1. The fourth-order valence-electron chi connectivity index (χ4n) is 3.54. The fourth-order valence-corrected chi connectivity index (χ4v) is 3.54. The number of carbonyl (C=O) groups is 5. The van der Waals surface area contributed by atoms with E-state index in [0.717, 1.165) is 4.90 Å². The van der Waals surface area contributed by atoms with Crippen molar-refractivity contribution in [3.63, 3.8) is 0 Å². The summed E-state index contributed by atoms with van der Waals surface area (Å²) in [4.78, 5) is 61.5. The van der Waals surface area contributed by atoms with E-state index in [1.165, 1.54) is 0 Å². The van der Waals surface area contributed by atoms with Crippen molar-refractivity contribution in [3.05, 3.63) is 29.3 Å². The van der Waals surface area contributed by atoms with Gasteiger partial charge in [-0.3, -0.25) is 24.1 Å². The largest absolute Gasteiger partial charge is 0.456 e. The van der Waals surface area contributed by atoms with Crippen molar-refractivity contribution in [1.29, 1.82) is 0 Å². The van der Waals surface area contributed by atoms with E-state index in [-0.39, 0.29) is 11.8 Å². The van der Waals surface area contributed by atoms with Crippen molar-refractivity contribution < 1.29 is 28.7 Å². The van der Waals surface area contributed by atoms with E-state index in [1.807, 2.05) is 0 Å². The number of ketones is 1. The topological polar surface area (TPSA) is 122 Å². The van der Waals surface area contributed by atoms with Gasteiger partial charge in [-0.15, -0.1) is 0 Å². The van der Waals surface area contributed by atoms with Gasteiger partial charge in [-0.1, -0.05) is 13.8 Å². The Morgan fingerprint density at radius 3 is 2.48 bits per heavy atom. The number of hydrogen-bond donors (Lipinski definition) is 2. The minimum Gasteiger partial charge on any atom is -0.456 e. The second-order valence-electron chi connectivity index (χ2n) is 7.21. The number of imide groups is 1. The molecule has 0 radical (unpaired) electrons. The zero-order valence-electron chi connectivity index (χ0n) is 16.5. The predicted molar refractivity (Wildman–Crippen MR) is 102 cm³/mol. The predicted octanol–water partition coefficient (Wildman–Crippen LogP) is 1.58. The maximum absolute atomic E-state index is 12.5. The number of hydrogen-bond acceptors (Lipinski definition) is 6. The number of carbonyl (C=O) groups excluding carboxylic acids is 5. The molecule has 0 spiro atoms.